The normalized spacial score (nSPS) is 26.5. The van der Waals surface area contributed by atoms with Crippen LogP contribution in [0.3, 0.4) is 0 Å². The Balaban J connectivity index is 2.74. The van der Waals surface area contributed by atoms with Crippen LogP contribution in [0.2, 0.25) is 0 Å². The van der Waals surface area contributed by atoms with Crippen molar-refractivity contribution < 1.29 is 19.0 Å². The van der Waals surface area contributed by atoms with E-state index in [-0.39, 0.29) is 30.9 Å². The van der Waals surface area contributed by atoms with Crippen molar-refractivity contribution >= 4 is 28.6 Å². The molecule has 3 atom stereocenters. The van der Waals surface area contributed by atoms with Gasteiger partial charge >= 0.3 is 5.97 Å². The Labute approximate surface area is 128 Å². The zero-order valence-corrected chi connectivity index (χ0v) is 13.8. The molecule has 0 aromatic heterocycles. The van der Waals surface area contributed by atoms with Gasteiger partial charge in [-0.15, -0.1) is 0 Å². The van der Waals surface area contributed by atoms with Gasteiger partial charge in [-0.05, 0) is 30.2 Å². The summed E-state index contributed by atoms with van der Waals surface area (Å²) in [5.41, 5.74) is 0. The predicted molar refractivity (Wildman–Crippen MR) is 81.1 cm³/mol. The van der Waals surface area contributed by atoms with E-state index < -0.39 is 0 Å². The largest absolute Gasteiger partial charge is 0.458 e. The van der Waals surface area contributed by atoms with Gasteiger partial charge in [0.1, 0.15) is 12.9 Å². The van der Waals surface area contributed by atoms with Crippen molar-refractivity contribution in [2.45, 2.75) is 25.6 Å². The molecule has 1 saturated heterocycles. The fourth-order valence-electron chi connectivity index (χ4n) is 2.33. The SMILES string of the molecule is COCOC1CN([14CH3])CCC1C(/C=C/I)OC(C)=O. The third kappa shape index (κ3) is 5.76. The number of hydrogen-bond acceptors (Lipinski definition) is 5. The molecule has 0 N–H and O–H groups in total. The van der Waals surface area contributed by atoms with Crippen molar-refractivity contribution in [3.8, 4) is 0 Å². The Morgan fingerprint density at radius 3 is 2.95 bits per heavy atom. The highest BCUT2D eigenvalue weighted by atomic mass is 127. The second-order valence-corrected chi connectivity index (χ2v) is 5.44. The van der Waals surface area contributed by atoms with E-state index in [2.05, 4.69) is 34.5 Å². The topological polar surface area (TPSA) is 48.0 Å². The van der Waals surface area contributed by atoms with Crippen molar-refractivity contribution in [3.63, 3.8) is 0 Å². The number of likely N-dealkylation sites (tertiary alicyclic amines) is 1. The first-order valence-corrected chi connectivity index (χ1v) is 7.56. The highest BCUT2D eigenvalue weighted by molar-refractivity contribution is 14.1. The number of rotatable bonds is 6. The van der Waals surface area contributed by atoms with Crippen LogP contribution in [0, 0.1) is 5.92 Å². The molecule has 0 aromatic rings. The summed E-state index contributed by atoms with van der Waals surface area (Å²) < 4.78 is 18.0. The summed E-state index contributed by atoms with van der Waals surface area (Å²) in [5.74, 6) is -0.0924. The first kappa shape index (κ1) is 16.9. The minimum atomic E-state index is -0.260. The average molecular weight is 385 g/mol. The van der Waals surface area contributed by atoms with Crippen molar-refractivity contribution in [2.75, 3.05) is 34.0 Å². The number of halogens is 1. The molecule has 1 fully saturated rings. The molecule has 1 heterocycles. The van der Waals surface area contributed by atoms with Gasteiger partial charge in [-0.25, -0.2) is 0 Å². The summed E-state index contributed by atoms with van der Waals surface area (Å²) in [6.45, 7) is 3.50. The Morgan fingerprint density at radius 1 is 1.63 bits per heavy atom. The first-order chi connectivity index (χ1) is 9.08. The van der Waals surface area contributed by atoms with Gasteiger partial charge in [0.2, 0.25) is 0 Å². The predicted octanol–water partition coefficient (Wildman–Crippen LogP) is 1.81. The molecule has 0 radical (unpaired) electrons. The minimum Gasteiger partial charge on any atom is -0.458 e. The molecule has 1 aliphatic rings. The summed E-state index contributed by atoms with van der Waals surface area (Å²) in [7, 11) is 3.67. The second kappa shape index (κ2) is 8.89. The van der Waals surface area contributed by atoms with Crippen LogP contribution in [0.4, 0.5) is 0 Å². The lowest BCUT2D eigenvalue weighted by Gasteiger charge is -2.39. The molecule has 0 saturated carbocycles. The molecule has 110 valence electrons. The molecule has 0 bridgehead atoms. The van der Waals surface area contributed by atoms with Crippen molar-refractivity contribution in [1.82, 2.24) is 4.90 Å². The third-order valence-electron chi connectivity index (χ3n) is 3.20. The van der Waals surface area contributed by atoms with Gasteiger partial charge in [-0.3, -0.25) is 4.79 Å². The van der Waals surface area contributed by atoms with Crippen LogP contribution >= 0.6 is 22.6 Å². The number of carbonyl (C=O) groups is 1. The number of hydrogen-bond donors (Lipinski definition) is 0. The van der Waals surface area contributed by atoms with E-state index >= 15 is 0 Å². The maximum atomic E-state index is 11.2. The first-order valence-electron chi connectivity index (χ1n) is 6.31. The monoisotopic (exact) mass is 385 g/mol. The Hall–Kier alpha value is -0.180. The highest BCUT2D eigenvalue weighted by Crippen LogP contribution is 2.26. The lowest BCUT2D eigenvalue weighted by atomic mass is 9.89. The minimum absolute atomic E-state index is 0.00986. The quantitative estimate of drug-likeness (QED) is 0.397. The van der Waals surface area contributed by atoms with E-state index in [1.54, 1.807) is 7.11 Å². The van der Waals surface area contributed by atoms with Crippen LogP contribution in [-0.2, 0) is 19.0 Å². The van der Waals surface area contributed by atoms with Crippen LogP contribution in [0.5, 0.6) is 0 Å². The molecular formula is C13H22INO4. The summed E-state index contributed by atoms with van der Waals surface area (Å²) in [6, 6.07) is 0. The van der Waals surface area contributed by atoms with Crippen molar-refractivity contribution in [3.05, 3.63) is 10.2 Å². The molecule has 0 aromatic carbocycles. The maximum Gasteiger partial charge on any atom is 0.303 e. The van der Waals surface area contributed by atoms with E-state index in [9.17, 15) is 4.79 Å². The molecule has 5 nitrogen and oxygen atoms in total. The number of esters is 1. The van der Waals surface area contributed by atoms with Gasteiger partial charge in [0.05, 0.1) is 6.10 Å². The molecule has 0 spiro atoms. The fourth-order valence-corrected chi connectivity index (χ4v) is 2.74. The standard InChI is InChI=1S/C13H22INO4/c1-10(16)19-12(4-6-14)11-5-7-15(2)8-13(11)18-9-17-3/h4,6,11-13H,5,7-9H2,1-3H3/b6-4+/i2+2. The lowest BCUT2D eigenvalue weighted by molar-refractivity contribution is -0.157. The van der Waals surface area contributed by atoms with Gasteiger partial charge < -0.3 is 19.1 Å². The van der Waals surface area contributed by atoms with Crippen LogP contribution in [0.1, 0.15) is 13.3 Å². The highest BCUT2D eigenvalue weighted by Gasteiger charge is 2.35. The van der Waals surface area contributed by atoms with E-state index in [0.717, 1.165) is 19.5 Å². The Bertz CT molecular complexity index is 311. The third-order valence-corrected chi connectivity index (χ3v) is 3.61. The Morgan fingerprint density at radius 2 is 2.37 bits per heavy atom. The van der Waals surface area contributed by atoms with Crippen LogP contribution in [-0.4, -0.2) is 57.1 Å². The van der Waals surface area contributed by atoms with Gasteiger partial charge in [0.25, 0.3) is 0 Å². The molecule has 0 amide bonds. The van der Waals surface area contributed by atoms with E-state index in [1.807, 2.05) is 10.2 Å². The maximum absolute atomic E-state index is 11.2. The van der Waals surface area contributed by atoms with Crippen LogP contribution in [0.25, 0.3) is 0 Å². The number of ether oxygens (including phenoxy) is 3. The zero-order valence-electron chi connectivity index (χ0n) is 11.7. The van der Waals surface area contributed by atoms with Gasteiger partial charge in [0.15, 0.2) is 0 Å². The lowest BCUT2D eigenvalue weighted by Crippen LogP contribution is -2.48. The number of likely N-dealkylation sites (N-methyl/N-ethyl adjacent to an activating group) is 1. The van der Waals surface area contributed by atoms with Gasteiger partial charge in [-0.2, -0.15) is 0 Å². The van der Waals surface area contributed by atoms with Crippen LogP contribution in [0.15, 0.2) is 10.2 Å². The second-order valence-electron chi connectivity index (χ2n) is 4.72. The average Bonchev–Trinajstić information content (AvgIpc) is 2.35. The summed E-state index contributed by atoms with van der Waals surface area (Å²) in [5, 5.41) is 0. The number of piperidine rings is 1. The molecule has 1 aliphatic heterocycles. The van der Waals surface area contributed by atoms with Gasteiger partial charge in [0, 0.05) is 26.5 Å². The smallest absolute Gasteiger partial charge is 0.303 e. The zero-order chi connectivity index (χ0) is 14.3. The molecule has 1 rings (SSSR count). The van der Waals surface area contributed by atoms with E-state index in [0.29, 0.717) is 0 Å². The summed E-state index contributed by atoms with van der Waals surface area (Å²) in [4.78, 5) is 13.4. The van der Waals surface area contributed by atoms with Crippen molar-refractivity contribution in [1.29, 1.82) is 0 Å². The molecule has 6 heteroatoms. The summed E-state index contributed by atoms with van der Waals surface area (Å²) >= 11 is 2.14. The van der Waals surface area contributed by atoms with E-state index in [1.165, 1.54) is 6.92 Å². The number of nitrogens with zero attached hydrogens (tertiary/aromatic N) is 1. The molecule has 19 heavy (non-hydrogen) atoms. The molecule has 0 aliphatic carbocycles. The number of methoxy groups -OCH3 is 1. The fraction of sp³-hybridized carbons (Fsp3) is 0.769. The molecule has 3 unspecified atom stereocenters. The van der Waals surface area contributed by atoms with Crippen molar-refractivity contribution in [2.24, 2.45) is 5.92 Å². The summed E-state index contributed by atoms with van der Waals surface area (Å²) in [6.07, 6.45) is 2.63. The Kier molecular flexibility index (Phi) is 7.89. The molecular weight excluding hydrogens is 363 g/mol. The van der Waals surface area contributed by atoms with Gasteiger partial charge in [-0.1, -0.05) is 22.6 Å². The van der Waals surface area contributed by atoms with E-state index in [4.69, 9.17) is 14.2 Å². The number of carbonyl (C=O) groups excluding carboxylic acids is 1. The van der Waals surface area contributed by atoms with Crippen LogP contribution < -0.4 is 0 Å².